The molecule has 0 radical (unpaired) electrons. The lowest BCUT2D eigenvalue weighted by Crippen LogP contribution is -2.51. The summed E-state index contributed by atoms with van der Waals surface area (Å²) in [6.45, 7) is 8.29. The molecule has 1 aliphatic heterocycles. The van der Waals surface area contributed by atoms with Gasteiger partial charge >= 0.3 is 0 Å². The van der Waals surface area contributed by atoms with Gasteiger partial charge in [0.25, 0.3) is 0 Å². The van der Waals surface area contributed by atoms with Gasteiger partial charge in [-0.1, -0.05) is 26.0 Å². The molecule has 1 aliphatic rings. The monoisotopic (exact) mass is 358 g/mol. The van der Waals surface area contributed by atoms with E-state index in [1.807, 2.05) is 18.2 Å². The predicted molar refractivity (Wildman–Crippen MR) is 100 cm³/mol. The van der Waals surface area contributed by atoms with Crippen LogP contribution in [0.1, 0.15) is 13.8 Å². The van der Waals surface area contributed by atoms with Crippen LogP contribution in [0.2, 0.25) is 0 Å². The molecule has 2 aromatic rings. The van der Waals surface area contributed by atoms with Crippen LogP contribution >= 0.6 is 0 Å². The first-order valence-electron chi connectivity index (χ1n) is 9.09. The number of hydrogen-bond acceptors (Lipinski definition) is 5. The summed E-state index contributed by atoms with van der Waals surface area (Å²) in [5.41, 5.74) is 0.535. The maximum absolute atomic E-state index is 12.5. The molecule has 140 valence electrons. The van der Waals surface area contributed by atoms with Crippen LogP contribution in [0.3, 0.4) is 0 Å². The van der Waals surface area contributed by atoms with E-state index < -0.39 is 0 Å². The van der Waals surface area contributed by atoms with Gasteiger partial charge in [0, 0.05) is 31.1 Å². The molecule has 1 aromatic heterocycles. The first-order chi connectivity index (χ1) is 12.6. The second kappa shape index (κ2) is 8.42. The van der Waals surface area contributed by atoms with Crippen LogP contribution in [0.25, 0.3) is 10.9 Å². The maximum Gasteiger partial charge on any atom is 0.241 e. The molecule has 7 heteroatoms. The van der Waals surface area contributed by atoms with Crippen molar-refractivity contribution in [1.82, 2.24) is 20.0 Å². The van der Waals surface area contributed by atoms with E-state index in [9.17, 15) is 9.59 Å². The largest absolute Gasteiger partial charge is 0.379 e. The molecule has 1 unspecified atom stereocenters. The maximum atomic E-state index is 12.5. The number of aromatic nitrogens is 2. The van der Waals surface area contributed by atoms with Gasteiger partial charge in [-0.25, -0.2) is 0 Å². The minimum atomic E-state index is -0.135. The number of carbonyl (C=O) groups is 1. The first-order valence-corrected chi connectivity index (χ1v) is 9.09. The number of fused-ring (bicyclic) bond motifs is 1. The zero-order chi connectivity index (χ0) is 18.5. The molecule has 1 atom stereocenters. The van der Waals surface area contributed by atoms with Gasteiger partial charge < -0.3 is 10.1 Å². The molecule has 26 heavy (non-hydrogen) atoms. The molecule has 0 bridgehead atoms. The standard InChI is InChI=1S/C19H26N4O3/c1-14(2)17(22-7-9-26-10-8-22)11-20-19(25)13-23-16-6-4-3-5-15(16)18(24)12-21-23/h3-6,12,14,17H,7-11,13H2,1-2H3,(H,20,25). The molecule has 2 heterocycles. The third kappa shape index (κ3) is 4.28. The average molecular weight is 358 g/mol. The van der Waals surface area contributed by atoms with Gasteiger partial charge in [0.1, 0.15) is 6.54 Å². The number of nitrogens with zero attached hydrogens (tertiary/aromatic N) is 3. The van der Waals surface area contributed by atoms with Crippen LogP contribution in [0, 0.1) is 5.92 Å². The van der Waals surface area contributed by atoms with Crippen molar-refractivity contribution < 1.29 is 9.53 Å². The number of ether oxygens (including phenoxy) is 1. The van der Waals surface area contributed by atoms with Crippen LogP contribution in [0.15, 0.2) is 35.3 Å². The Morgan fingerprint density at radius 1 is 1.27 bits per heavy atom. The number of amides is 1. The highest BCUT2D eigenvalue weighted by molar-refractivity contribution is 5.81. The number of rotatable bonds is 6. The van der Waals surface area contributed by atoms with Crippen LogP contribution in [0.4, 0.5) is 0 Å². The quantitative estimate of drug-likeness (QED) is 0.829. The Morgan fingerprint density at radius 3 is 2.73 bits per heavy atom. The fourth-order valence-electron chi connectivity index (χ4n) is 3.39. The summed E-state index contributed by atoms with van der Waals surface area (Å²) in [5, 5.41) is 7.72. The molecule has 1 saturated heterocycles. The molecular weight excluding hydrogens is 332 g/mol. The highest BCUT2D eigenvalue weighted by atomic mass is 16.5. The number of hydrogen-bond donors (Lipinski definition) is 1. The molecular formula is C19H26N4O3. The summed E-state index contributed by atoms with van der Waals surface area (Å²) in [4.78, 5) is 26.7. The van der Waals surface area contributed by atoms with Crippen molar-refractivity contribution in [1.29, 1.82) is 0 Å². The topological polar surface area (TPSA) is 76.5 Å². The molecule has 1 amide bonds. The second-order valence-electron chi connectivity index (χ2n) is 6.95. The Morgan fingerprint density at radius 2 is 2.00 bits per heavy atom. The lowest BCUT2D eigenvalue weighted by molar-refractivity contribution is -0.122. The van der Waals surface area contributed by atoms with Crippen LogP contribution < -0.4 is 10.7 Å². The SMILES string of the molecule is CC(C)C(CNC(=O)Cn1ncc(=O)c2ccccc21)N1CCOCC1. The van der Waals surface area contributed by atoms with Crippen molar-refractivity contribution in [3.63, 3.8) is 0 Å². The number of carbonyl (C=O) groups excluding carboxylic acids is 1. The summed E-state index contributed by atoms with van der Waals surface area (Å²) < 4.78 is 6.99. The first kappa shape index (κ1) is 18.5. The molecule has 1 aromatic carbocycles. The highest BCUT2D eigenvalue weighted by Gasteiger charge is 2.24. The van der Waals surface area contributed by atoms with Crippen molar-refractivity contribution in [2.75, 3.05) is 32.8 Å². The minimum absolute atomic E-state index is 0.0920. The molecule has 7 nitrogen and oxygen atoms in total. The molecule has 0 saturated carbocycles. The number of morpholine rings is 1. The van der Waals surface area contributed by atoms with E-state index in [4.69, 9.17) is 4.74 Å². The Kier molecular flexibility index (Phi) is 6.00. The summed E-state index contributed by atoms with van der Waals surface area (Å²) in [5.74, 6) is 0.324. The Bertz CT molecular complexity index is 812. The van der Waals surface area contributed by atoms with Crippen LogP contribution in [0.5, 0.6) is 0 Å². The van der Waals surface area contributed by atoms with Crippen molar-refractivity contribution in [2.45, 2.75) is 26.4 Å². The third-order valence-corrected chi connectivity index (χ3v) is 4.85. The summed E-state index contributed by atoms with van der Waals surface area (Å²) in [6.07, 6.45) is 1.26. The summed E-state index contributed by atoms with van der Waals surface area (Å²) in [6, 6.07) is 7.49. The van der Waals surface area contributed by atoms with Crippen molar-refractivity contribution in [3.8, 4) is 0 Å². The lowest BCUT2D eigenvalue weighted by atomic mass is 10.0. The minimum Gasteiger partial charge on any atom is -0.379 e. The molecule has 1 N–H and O–H groups in total. The Hall–Kier alpha value is -2.25. The summed E-state index contributed by atoms with van der Waals surface area (Å²) >= 11 is 0. The molecule has 0 spiro atoms. The Balaban J connectivity index is 1.65. The number of benzene rings is 1. The normalized spacial score (nSPS) is 16.7. The second-order valence-corrected chi connectivity index (χ2v) is 6.95. The van der Waals surface area contributed by atoms with Crippen molar-refractivity contribution in [3.05, 3.63) is 40.7 Å². The van der Waals surface area contributed by atoms with E-state index in [1.54, 1.807) is 10.7 Å². The van der Waals surface area contributed by atoms with Crippen molar-refractivity contribution in [2.24, 2.45) is 5.92 Å². The fourth-order valence-corrected chi connectivity index (χ4v) is 3.39. The zero-order valence-electron chi connectivity index (χ0n) is 15.4. The van der Waals surface area contributed by atoms with Gasteiger partial charge in [-0.2, -0.15) is 5.10 Å². The summed E-state index contributed by atoms with van der Waals surface area (Å²) in [7, 11) is 0. The van der Waals surface area contributed by atoms with E-state index in [0.29, 0.717) is 23.4 Å². The van der Waals surface area contributed by atoms with E-state index in [0.717, 1.165) is 26.3 Å². The predicted octanol–water partition coefficient (Wildman–Crippen LogP) is 0.869. The van der Waals surface area contributed by atoms with Gasteiger partial charge in [-0.15, -0.1) is 0 Å². The molecule has 3 rings (SSSR count). The fraction of sp³-hybridized carbons (Fsp3) is 0.526. The Labute approximate surface area is 152 Å². The van der Waals surface area contributed by atoms with E-state index in [1.165, 1.54) is 6.20 Å². The highest BCUT2D eigenvalue weighted by Crippen LogP contribution is 2.12. The number of para-hydroxylation sites is 1. The lowest BCUT2D eigenvalue weighted by Gasteiger charge is -2.36. The van der Waals surface area contributed by atoms with Gasteiger partial charge in [-0.05, 0) is 18.1 Å². The van der Waals surface area contributed by atoms with Gasteiger partial charge in [0.15, 0.2) is 0 Å². The van der Waals surface area contributed by atoms with Gasteiger partial charge in [0.05, 0.1) is 24.9 Å². The van der Waals surface area contributed by atoms with Crippen LogP contribution in [-0.2, 0) is 16.1 Å². The molecule has 1 fully saturated rings. The van der Waals surface area contributed by atoms with E-state index in [2.05, 4.69) is 29.2 Å². The van der Waals surface area contributed by atoms with E-state index >= 15 is 0 Å². The average Bonchev–Trinajstić information content (AvgIpc) is 2.65. The number of nitrogens with one attached hydrogen (secondary N) is 1. The van der Waals surface area contributed by atoms with Crippen molar-refractivity contribution >= 4 is 16.8 Å². The van der Waals surface area contributed by atoms with Gasteiger partial charge in [-0.3, -0.25) is 19.2 Å². The van der Waals surface area contributed by atoms with E-state index in [-0.39, 0.29) is 23.9 Å². The van der Waals surface area contributed by atoms with Crippen LogP contribution in [-0.4, -0.2) is 59.5 Å². The molecule has 0 aliphatic carbocycles. The smallest absolute Gasteiger partial charge is 0.241 e. The van der Waals surface area contributed by atoms with Gasteiger partial charge in [0.2, 0.25) is 11.3 Å². The third-order valence-electron chi connectivity index (χ3n) is 4.85. The zero-order valence-corrected chi connectivity index (χ0v) is 15.4.